The Kier molecular flexibility index (Phi) is 6.87. The summed E-state index contributed by atoms with van der Waals surface area (Å²) in [7, 11) is 0. The quantitative estimate of drug-likeness (QED) is 0.362. The van der Waals surface area contributed by atoms with Crippen molar-refractivity contribution in [3.8, 4) is 11.3 Å². The van der Waals surface area contributed by atoms with E-state index in [0.717, 1.165) is 18.3 Å². The average molecular weight is 558 g/mol. The van der Waals surface area contributed by atoms with Gasteiger partial charge in [0.25, 0.3) is 5.91 Å². The van der Waals surface area contributed by atoms with Gasteiger partial charge < -0.3 is 20.7 Å². The molecule has 4 aromatic rings. The second-order valence-electron chi connectivity index (χ2n) is 9.27. The first-order valence-electron chi connectivity index (χ1n) is 12.1. The number of halogens is 4. The minimum atomic E-state index is -4.62. The molecule has 1 fully saturated rings. The maximum atomic E-state index is 15.4. The van der Waals surface area contributed by atoms with Crippen molar-refractivity contribution in [2.75, 3.05) is 24.2 Å². The minimum Gasteiger partial charge on any atom is -0.382 e. The molecule has 0 saturated carbocycles. The number of hydrogen-bond donors (Lipinski definition) is 2. The van der Waals surface area contributed by atoms with Gasteiger partial charge in [-0.1, -0.05) is 0 Å². The SMILES string of the molecule is CC(=O)N1C[C@H](c2nc(-c3ccc(C(=O)Nc4cc(C(F)(F)F)ccn4)cc3F)c3c(N)nccn23)OC[C@@H]1C. The Balaban J connectivity index is 1.48. The summed E-state index contributed by atoms with van der Waals surface area (Å²) in [5, 5.41) is 2.24. The Morgan fingerprint density at radius 1 is 1.15 bits per heavy atom. The lowest BCUT2D eigenvalue weighted by Gasteiger charge is -2.36. The van der Waals surface area contributed by atoms with Crippen molar-refractivity contribution >= 4 is 29.0 Å². The predicted octanol–water partition coefficient (Wildman–Crippen LogP) is 4.09. The number of alkyl halides is 3. The summed E-state index contributed by atoms with van der Waals surface area (Å²) < 4.78 is 62.0. The van der Waals surface area contributed by atoms with Crippen LogP contribution in [0.25, 0.3) is 16.8 Å². The number of morpholine rings is 1. The number of nitrogens with zero attached hydrogens (tertiary/aromatic N) is 5. The van der Waals surface area contributed by atoms with E-state index >= 15 is 4.39 Å². The first kappa shape index (κ1) is 27.0. The van der Waals surface area contributed by atoms with Crippen LogP contribution in [-0.4, -0.2) is 55.3 Å². The van der Waals surface area contributed by atoms with Gasteiger partial charge in [0.1, 0.15) is 40.6 Å². The highest BCUT2D eigenvalue weighted by atomic mass is 19.4. The second-order valence-corrected chi connectivity index (χ2v) is 9.27. The number of hydrogen-bond acceptors (Lipinski definition) is 7. The zero-order chi connectivity index (χ0) is 28.8. The Bertz CT molecular complexity index is 1620. The van der Waals surface area contributed by atoms with Crippen molar-refractivity contribution in [3.05, 3.63) is 71.7 Å². The molecule has 0 unspecified atom stereocenters. The second kappa shape index (κ2) is 10.2. The number of carbonyl (C=O) groups excluding carboxylic acids is 2. The van der Waals surface area contributed by atoms with Crippen LogP contribution in [0.15, 0.2) is 48.9 Å². The molecular formula is C26H23F4N7O3. The molecule has 1 aliphatic rings. The molecule has 0 bridgehead atoms. The number of nitrogen functional groups attached to an aromatic ring is 1. The van der Waals surface area contributed by atoms with Crippen molar-refractivity contribution in [1.82, 2.24) is 24.3 Å². The molecule has 208 valence electrons. The fraction of sp³-hybridized carbons (Fsp3) is 0.269. The Labute approximate surface area is 224 Å². The normalized spacial score (nSPS) is 17.7. The Hall–Kier alpha value is -4.59. The third kappa shape index (κ3) is 5.04. The zero-order valence-corrected chi connectivity index (χ0v) is 21.2. The Morgan fingerprint density at radius 3 is 2.62 bits per heavy atom. The van der Waals surface area contributed by atoms with Gasteiger partial charge in [0.05, 0.1) is 24.8 Å². The molecule has 1 saturated heterocycles. The van der Waals surface area contributed by atoms with Crippen LogP contribution in [0.2, 0.25) is 0 Å². The highest BCUT2D eigenvalue weighted by Crippen LogP contribution is 2.35. The first-order chi connectivity index (χ1) is 18.9. The monoisotopic (exact) mass is 557 g/mol. The zero-order valence-electron chi connectivity index (χ0n) is 21.2. The molecular weight excluding hydrogens is 534 g/mol. The van der Waals surface area contributed by atoms with Crippen molar-refractivity contribution in [2.45, 2.75) is 32.2 Å². The van der Waals surface area contributed by atoms with Crippen LogP contribution in [-0.2, 0) is 15.7 Å². The molecule has 0 aliphatic carbocycles. The van der Waals surface area contributed by atoms with E-state index in [4.69, 9.17) is 10.5 Å². The number of benzene rings is 1. The molecule has 1 aromatic carbocycles. The van der Waals surface area contributed by atoms with Gasteiger partial charge in [0, 0.05) is 36.6 Å². The number of amides is 2. The molecule has 1 aliphatic heterocycles. The average Bonchev–Trinajstić information content (AvgIpc) is 3.29. The summed E-state index contributed by atoms with van der Waals surface area (Å²) in [5.41, 5.74) is 5.44. The van der Waals surface area contributed by atoms with E-state index in [9.17, 15) is 22.8 Å². The third-order valence-electron chi connectivity index (χ3n) is 6.55. The van der Waals surface area contributed by atoms with Gasteiger partial charge in [-0.3, -0.25) is 14.0 Å². The summed E-state index contributed by atoms with van der Waals surface area (Å²) in [4.78, 5) is 38.9. The van der Waals surface area contributed by atoms with E-state index in [2.05, 4.69) is 20.3 Å². The predicted molar refractivity (Wildman–Crippen MR) is 136 cm³/mol. The number of nitrogens with two attached hydrogens (primary N) is 1. The van der Waals surface area contributed by atoms with Crippen LogP contribution in [0.1, 0.15) is 41.7 Å². The minimum absolute atomic E-state index is 0.00444. The van der Waals surface area contributed by atoms with Gasteiger partial charge in [0.15, 0.2) is 0 Å². The summed E-state index contributed by atoms with van der Waals surface area (Å²) in [6.45, 7) is 3.83. The molecule has 2 atom stereocenters. The summed E-state index contributed by atoms with van der Waals surface area (Å²) >= 11 is 0. The topological polar surface area (TPSA) is 128 Å². The number of fused-ring (bicyclic) bond motifs is 1. The maximum Gasteiger partial charge on any atom is 0.416 e. The lowest BCUT2D eigenvalue weighted by atomic mass is 10.1. The van der Waals surface area contributed by atoms with Crippen LogP contribution in [0.4, 0.5) is 29.2 Å². The number of carbonyl (C=O) groups is 2. The van der Waals surface area contributed by atoms with Crippen LogP contribution in [0.3, 0.4) is 0 Å². The fourth-order valence-electron chi connectivity index (χ4n) is 4.57. The lowest BCUT2D eigenvalue weighted by molar-refractivity contribution is -0.142. The summed E-state index contributed by atoms with van der Waals surface area (Å²) in [5.74, 6) is -1.70. The van der Waals surface area contributed by atoms with Gasteiger partial charge in [-0.25, -0.2) is 19.3 Å². The van der Waals surface area contributed by atoms with Gasteiger partial charge in [-0.2, -0.15) is 13.2 Å². The first-order valence-corrected chi connectivity index (χ1v) is 12.1. The van der Waals surface area contributed by atoms with Gasteiger partial charge >= 0.3 is 6.18 Å². The standard InChI is InChI=1S/C26H23F4N7O3/c1-13-12-40-19(11-37(13)14(2)38)24-35-21(22-23(31)33-7-8-36(22)24)17-4-3-15(9-18(17)27)25(39)34-20-10-16(5-6-32-20)26(28,29)30/h3-10,13,19H,11-12H2,1-2H3,(H2,31,33)(H,32,34,39)/t13-,19+/m0/s1. The summed E-state index contributed by atoms with van der Waals surface area (Å²) in [6, 6.07) is 4.87. The largest absolute Gasteiger partial charge is 0.416 e. The number of aromatic nitrogens is 4. The number of anilines is 2. The molecule has 0 radical (unpaired) electrons. The van der Waals surface area contributed by atoms with Crippen LogP contribution >= 0.6 is 0 Å². The molecule has 4 heterocycles. The molecule has 14 heteroatoms. The van der Waals surface area contributed by atoms with E-state index in [1.807, 2.05) is 6.92 Å². The van der Waals surface area contributed by atoms with E-state index in [0.29, 0.717) is 17.4 Å². The van der Waals surface area contributed by atoms with Crippen LogP contribution in [0, 0.1) is 5.82 Å². The fourth-order valence-corrected chi connectivity index (χ4v) is 4.57. The van der Waals surface area contributed by atoms with Crippen LogP contribution < -0.4 is 11.1 Å². The molecule has 3 N–H and O–H groups in total. The van der Waals surface area contributed by atoms with E-state index < -0.39 is 29.6 Å². The Morgan fingerprint density at radius 2 is 1.93 bits per heavy atom. The van der Waals surface area contributed by atoms with Crippen molar-refractivity contribution in [2.24, 2.45) is 0 Å². The maximum absolute atomic E-state index is 15.4. The number of rotatable bonds is 4. The summed E-state index contributed by atoms with van der Waals surface area (Å²) in [6.07, 6.45) is -1.29. The van der Waals surface area contributed by atoms with Gasteiger partial charge in [-0.05, 0) is 37.3 Å². The van der Waals surface area contributed by atoms with E-state index in [-0.39, 0.29) is 53.6 Å². The number of pyridine rings is 1. The number of imidazole rings is 1. The number of ether oxygens (including phenoxy) is 1. The van der Waals surface area contributed by atoms with E-state index in [1.54, 1.807) is 15.5 Å². The van der Waals surface area contributed by atoms with Crippen molar-refractivity contribution in [1.29, 1.82) is 0 Å². The van der Waals surface area contributed by atoms with Crippen LogP contribution in [0.5, 0.6) is 0 Å². The van der Waals surface area contributed by atoms with Crippen molar-refractivity contribution < 1.29 is 31.9 Å². The molecule has 5 rings (SSSR count). The molecule has 2 amide bonds. The highest BCUT2D eigenvalue weighted by Gasteiger charge is 2.33. The van der Waals surface area contributed by atoms with Gasteiger partial charge in [0.2, 0.25) is 5.91 Å². The molecule has 0 spiro atoms. The lowest BCUT2D eigenvalue weighted by Crippen LogP contribution is -2.47. The van der Waals surface area contributed by atoms with Gasteiger partial charge in [-0.15, -0.1) is 0 Å². The van der Waals surface area contributed by atoms with Crippen molar-refractivity contribution in [3.63, 3.8) is 0 Å². The third-order valence-corrected chi connectivity index (χ3v) is 6.55. The molecule has 40 heavy (non-hydrogen) atoms. The number of nitrogens with one attached hydrogen (secondary N) is 1. The highest BCUT2D eigenvalue weighted by molar-refractivity contribution is 6.04. The smallest absolute Gasteiger partial charge is 0.382 e. The molecule has 3 aromatic heterocycles. The molecule has 10 nitrogen and oxygen atoms in total. The van der Waals surface area contributed by atoms with E-state index in [1.165, 1.54) is 25.3 Å².